The van der Waals surface area contributed by atoms with E-state index in [2.05, 4.69) is 5.43 Å². The van der Waals surface area contributed by atoms with Crippen LogP contribution < -0.4 is 5.43 Å². The van der Waals surface area contributed by atoms with Crippen molar-refractivity contribution in [3.8, 4) is 0 Å². The Hall–Kier alpha value is -1.95. The predicted molar refractivity (Wildman–Crippen MR) is 69.0 cm³/mol. The first-order valence-corrected chi connectivity index (χ1v) is 6.44. The third kappa shape index (κ3) is 3.33. The first-order chi connectivity index (χ1) is 9.47. The van der Waals surface area contributed by atoms with Crippen molar-refractivity contribution in [3.63, 3.8) is 0 Å². The number of carbonyl (C=O) groups excluding carboxylic acids is 3. The van der Waals surface area contributed by atoms with Crippen molar-refractivity contribution in [2.45, 2.75) is 25.7 Å². The third-order valence-corrected chi connectivity index (χ3v) is 3.23. The first-order valence-electron chi connectivity index (χ1n) is 6.06. The molecule has 1 aliphatic heterocycles. The van der Waals surface area contributed by atoms with Crippen LogP contribution >= 0.6 is 11.6 Å². The Bertz CT molecular complexity index is 561. The van der Waals surface area contributed by atoms with Gasteiger partial charge in [0.05, 0.1) is 6.42 Å². The summed E-state index contributed by atoms with van der Waals surface area (Å²) in [5, 5.41) is 0.861. The van der Waals surface area contributed by atoms with Crippen LogP contribution in [-0.2, 0) is 20.8 Å². The molecule has 7 heteroatoms. The highest BCUT2D eigenvalue weighted by Crippen LogP contribution is 2.18. The molecule has 0 spiro atoms. The zero-order valence-corrected chi connectivity index (χ0v) is 11.2. The minimum Gasteiger partial charge on any atom is -0.273 e. The number of benzene rings is 1. The summed E-state index contributed by atoms with van der Waals surface area (Å²) in [5.74, 6) is -1.91. The number of hydrogen-bond acceptors (Lipinski definition) is 3. The van der Waals surface area contributed by atoms with Gasteiger partial charge in [0.2, 0.25) is 17.7 Å². The van der Waals surface area contributed by atoms with E-state index in [1.165, 1.54) is 12.1 Å². The van der Waals surface area contributed by atoms with Crippen molar-refractivity contribution in [3.05, 3.63) is 34.6 Å². The lowest BCUT2D eigenvalue weighted by atomic mass is 10.1. The summed E-state index contributed by atoms with van der Waals surface area (Å²) in [5.41, 5.74) is 2.67. The molecule has 1 fully saturated rings. The second-order valence-electron chi connectivity index (χ2n) is 4.42. The van der Waals surface area contributed by atoms with Gasteiger partial charge in [-0.3, -0.25) is 19.8 Å². The Kier molecular flexibility index (Phi) is 4.34. The van der Waals surface area contributed by atoms with Crippen LogP contribution in [0.25, 0.3) is 0 Å². The molecule has 1 N–H and O–H groups in total. The zero-order chi connectivity index (χ0) is 14.7. The second kappa shape index (κ2) is 6.00. The van der Waals surface area contributed by atoms with Gasteiger partial charge in [0, 0.05) is 17.9 Å². The number of nitrogens with one attached hydrogen (secondary N) is 1. The van der Waals surface area contributed by atoms with Gasteiger partial charge in [0.1, 0.15) is 5.82 Å². The molecule has 1 aliphatic rings. The summed E-state index contributed by atoms with van der Waals surface area (Å²) in [6.07, 6.45) is 0.802. The van der Waals surface area contributed by atoms with Gasteiger partial charge in [-0.25, -0.2) is 4.39 Å². The van der Waals surface area contributed by atoms with Crippen LogP contribution in [0.15, 0.2) is 18.2 Å². The van der Waals surface area contributed by atoms with Crippen molar-refractivity contribution in [2.24, 2.45) is 0 Å². The van der Waals surface area contributed by atoms with E-state index in [-0.39, 0.29) is 24.3 Å². The Morgan fingerprint density at radius 2 is 1.95 bits per heavy atom. The number of hydrogen-bond donors (Lipinski definition) is 1. The highest BCUT2D eigenvalue weighted by atomic mass is 35.5. The van der Waals surface area contributed by atoms with Gasteiger partial charge in [-0.05, 0) is 24.1 Å². The standard InChI is InChI=1S/C13H12ClFN2O3/c14-10-7-9(15)5-4-8(10)6-11(18)16-17-12(19)2-1-3-13(17)20/h4-5,7H,1-3,6H2,(H,16,18). The molecular formula is C13H12ClFN2O3. The number of rotatable bonds is 3. The van der Waals surface area contributed by atoms with Gasteiger partial charge in [-0.15, -0.1) is 0 Å². The smallest absolute Gasteiger partial charge is 0.248 e. The van der Waals surface area contributed by atoms with Gasteiger partial charge < -0.3 is 0 Å². The lowest BCUT2D eigenvalue weighted by Crippen LogP contribution is -2.52. The number of halogens is 2. The van der Waals surface area contributed by atoms with Crippen LogP contribution in [-0.4, -0.2) is 22.7 Å². The predicted octanol–water partition coefficient (Wildman–Crippen LogP) is 1.59. The van der Waals surface area contributed by atoms with E-state index in [0.717, 1.165) is 11.1 Å². The fourth-order valence-corrected chi connectivity index (χ4v) is 2.11. The fourth-order valence-electron chi connectivity index (χ4n) is 1.88. The molecule has 2 rings (SSSR count). The van der Waals surface area contributed by atoms with E-state index in [9.17, 15) is 18.8 Å². The van der Waals surface area contributed by atoms with Crippen LogP contribution in [0, 0.1) is 5.82 Å². The Morgan fingerprint density at radius 1 is 1.30 bits per heavy atom. The van der Waals surface area contributed by atoms with Gasteiger partial charge in [-0.2, -0.15) is 5.01 Å². The van der Waals surface area contributed by atoms with Crippen molar-refractivity contribution in [1.29, 1.82) is 0 Å². The maximum atomic E-state index is 12.9. The molecule has 1 aromatic carbocycles. The number of hydrazine groups is 1. The molecule has 1 saturated heterocycles. The zero-order valence-electron chi connectivity index (χ0n) is 10.5. The lowest BCUT2D eigenvalue weighted by Gasteiger charge is -2.24. The molecule has 0 atom stereocenters. The third-order valence-electron chi connectivity index (χ3n) is 2.88. The van der Waals surface area contributed by atoms with E-state index in [1.54, 1.807) is 0 Å². The molecule has 0 radical (unpaired) electrons. The number of imide groups is 1. The SMILES string of the molecule is O=C(Cc1ccc(F)cc1Cl)NN1C(=O)CCCC1=O. The van der Waals surface area contributed by atoms with Crippen LogP contribution in [0.5, 0.6) is 0 Å². The molecule has 0 aromatic heterocycles. The van der Waals surface area contributed by atoms with E-state index >= 15 is 0 Å². The van der Waals surface area contributed by atoms with Gasteiger partial charge in [0.25, 0.3) is 0 Å². The minimum absolute atomic E-state index is 0.122. The number of amides is 3. The van der Waals surface area contributed by atoms with Crippen molar-refractivity contribution in [2.75, 3.05) is 0 Å². The molecule has 0 unspecified atom stereocenters. The molecule has 0 saturated carbocycles. The van der Waals surface area contributed by atoms with Gasteiger partial charge >= 0.3 is 0 Å². The quantitative estimate of drug-likeness (QED) is 0.862. The molecule has 1 heterocycles. The largest absolute Gasteiger partial charge is 0.273 e. The summed E-state index contributed by atoms with van der Waals surface area (Å²) >= 11 is 5.81. The average molecular weight is 299 g/mol. The van der Waals surface area contributed by atoms with E-state index in [0.29, 0.717) is 12.0 Å². The van der Waals surface area contributed by atoms with Gasteiger partial charge in [0.15, 0.2) is 0 Å². The maximum absolute atomic E-state index is 12.9. The number of piperidine rings is 1. The van der Waals surface area contributed by atoms with Crippen LogP contribution in [0.1, 0.15) is 24.8 Å². The fraction of sp³-hybridized carbons (Fsp3) is 0.308. The summed E-state index contributed by atoms with van der Waals surface area (Å²) in [7, 11) is 0. The summed E-state index contributed by atoms with van der Waals surface area (Å²) in [6.45, 7) is 0. The molecular weight excluding hydrogens is 287 g/mol. The minimum atomic E-state index is -0.554. The highest BCUT2D eigenvalue weighted by Gasteiger charge is 2.27. The number of nitrogens with zero attached hydrogens (tertiary/aromatic N) is 1. The summed E-state index contributed by atoms with van der Waals surface area (Å²) in [6, 6.07) is 3.67. The number of carbonyl (C=O) groups is 3. The molecule has 1 aromatic rings. The Labute approximate surface area is 119 Å². The normalized spacial score (nSPS) is 15.4. The monoisotopic (exact) mass is 298 g/mol. The second-order valence-corrected chi connectivity index (χ2v) is 4.83. The average Bonchev–Trinajstić information content (AvgIpc) is 2.37. The molecule has 5 nitrogen and oxygen atoms in total. The topological polar surface area (TPSA) is 66.5 Å². The van der Waals surface area contributed by atoms with E-state index < -0.39 is 23.5 Å². The van der Waals surface area contributed by atoms with Crippen LogP contribution in [0.3, 0.4) is 0 Å². The Morgan fingerprint density at radius 3 is 2.55 bits per heavy atom. The van der Waals surface area contributed by atoms with Crippen molar-refractivity contribution >= 4 is 29.3 Å². The molecule has 0 aliphatic carbocycles. The van der Waals surface area contributed by atoms with Crippen LogP contribution in [0.2, 0.25) is 5.02 Å². The van der Waals surface area contributed by atoms with E-state index in [4.69, 9.17) is 11.6 Å². The van der Waals surface area contributed by atoms with E-state index in [1.807, 2.05) is 0 Å². The molecule has 3 amide bonds. The van der Waals surface area contributed by atoms with Gasteiger partial charge in [-0.1, -0.05) is 17.7 Å². The summed E-state index contributed by atoms with van der Waals surface area (Å²) < 4.78 is 12.9. The highest BCUT2D eigenvalue weighted by molar-refractivity contribution is 6.31. The Balaban J connectivity index is 2.01. The molecule has 106 valence electrons. The maximum Gasteiger partial charge on any atom is 0.248 e. The van der Waals surface area contributed by atoms with Crippen LogP contribution in [0.4, 0.5) is 4.39 Å². The molecule has 0 bridgehead atoms. The summed E-state index contributed by atoms with van der Waals surface area (Å²) in [4.78, 5) is 34.8. The van der Waals surface area contributed by atoms with Crippen molar-refractivity contribution < 1.29 is 18.8 Å². The first kappa shape index (κ1) is 14.5. The molecule has 20 heavy (non-hydrogen) atoms. The lowest BCUT2D eigenvalue weighted by molar-refractivity contribution is -0.156. The van der Waals surface area contributed by atoms with Crippen molar-refractivity contribution in [1.82, 2.24) is 10.4 Å².